The largest absolute Gasteiger partial charge is 0.507 e. The Kier molecular flexibility index (Phi) is 5.93. The van der Waals surface area contributed by atoms with Crippen LogP contribution in [0.3, 0.4) is 0 Å². The lowest BCUT2D eigenvalue weighted by molar-refractivity contribution is 0.0527. The van der Waals surface area contributed by atoms with E-state index >= 15 is 0 Å². The number of rotatable bonds is 6. The summed E-state index contributed by atoms with van der Waals surface area (Å²) >= 11 is 1.44. The van der Waals surface area contributed by atoms with Crippen molar-refractivity contribution < 1.29 is 14.6 Å². The van der Waals surface area contributed by atoms with E-state index < -0.39 is 0 Å². The maximum absolute atomic E-state index is 12.2. The molecule has 1 aromatic heterocycles. The Morgan fingerprint density at radius 3 is 2.83 bits per heavy atom. The topological polar surface area (TPSA) is 58.9 Å². The van der Waals surface area contributed by atoms with Gasteiger partial charge in [0.1, 0.15) is 10.8 Å². The second-order valence-electron chi connectivity index (χ2n) is 5.29. The minimum atomic E-state index is -0.365. The molecule has 0 saturated carbocycles. The molecule has 4 nitrogen and oxygen atoms in total. The number of allylic oxidation sites excluding steroid dienone is 1. The molecule has 0 amide bonds. The molecule has 1 aromatic carbocycles. The van der Waals surface area contributed by atoms with Crippen LogP contribution in [0.25, 0.3) is 0 Å². The second-order valence-corrected chi connectivity index (χ2v) is 6.49. The third-order valence-corrected chi connectivity index (χ3v) is 4.80. The number of phenolic OH excluding ortho intramolecular Hbond substituents is 1. The van der Waals surface area contributed by atoms with Gasteiger partial charge in [-0.3, -0.25) is 0 Å². The van der Waals surface area contributed by atoms with E-state index in [-0.39, 0.29) is 11.7 Å². The average Bonchev–Trinajstić information content (AvgIpc) is 2.83. The zero-order valence-corrected chi connectivity index (χ0v) is 14.9. The van der Waals surface area contributed by atoms with Crippen LogP contribution in [-0.2, 0) is 11.2 Å². The lowest BCUT2D eigenvalue weighted by Crippen LogP contribution is -2.05. The van der Waals surface area contributed by atoms with Gasteiger partial charge >= 0.3 is 5.97 Å². The molecular weight excluding hydrogens is 322 g/mol. The first kappa shape index (κ1) is 17.9. The highest BCUT2D eigenvalue weighted by Crippen LogP contribution is 2.35. The first-order chi connectivity index (χ1) is 11.5. The van der Waals surface area contributed by atoms with Crippen LogP contribution in [0.15, 0.2) is 35.8 Å². The predicted molar refractivity (Wildman–Crippen MR) is 99.0 cm³/mol. The molecule has 0 unspecified atom stereocenters. The van der Waals surface area contributed by atoms with Crippen molar-refractivity contribution in [3.63, 3.8) is 0 Å². The SMILES string of the molecule is C=CCc1cccc(/C=N/c2sc(C)c(C)c2C(=O)OCC)c1O. The molecule has 1 heterocycles. The summed E-state index contributed by atoms with van der Waals surface area (Å²) in [4.78, 5) is 17.6. The number of thiophene rings is 1. The van der Waals surface area contributed by atoms with Gasteiger partial charge in [-0.05, 0) is 44.4 Å². The lowest BCUT2D eigenvalue weighted by atomic mass is 10.1. The maximum atomic E-state index is 12.2. The van der Waals surface area contributed by atoms with Crippen LogP contribution < -0.4 is 0 Å². The molecule has 0 radical (unpaired) electrons. The van der Waals surface area contributed by atoms with Crippen molar-refractivity contribution in [2.45, 2.75) is 27.2 Å². The first-order valence-corrected chi connectivity index (χ1v) is 8.54. The fourth-order valence-electron chi connectivity index (χ4n) is 2.31. The number of hydrogen-bond donors (Lipinski definition) is 1. The molecule has 0 spiro atoms. The van der Waals surface area contributed by atoms with Gasteiger partial charge in [-0.1, -0.05) is 18.2 Å². The summed E-state index contributed by atoms with van der Waals surface area (Å²) < 4.78 is 5.12. The maximum Gasteiger partial charge on any atom is 0.341 e. The van der Waals surface area contributed by atoms with Crippen LogP contribution in [0.2, 0.25) is 0 Å². The zero-order chi connectivity index (χ0) is 17.7. The van der Waals surface area contributed by atoms with Gasteiger partial charge in [0.05, 0.1) is 12.2 Å². The van der Waals surface area contributed by atoms with Crippen molar-refractivity contribution >= 4 is 28.5 Å². The highest BCUT2D eigenvalue weighted by atomic mass is 32.1. The molecule has 1 N–H and O–H groups in total. The summed E-state index contributed by atoms with van der Waals surface area (Å²) in [5, 5.41) is 10.9. The smallest absolute Gasteiger partial charge is 0.341 e. The van der Waals surface area contributed by atoms with Crippen molar-refractivity contribution in [2.24, 2.45) is 4.99 Å². The second kappa shape index (κ2) is 7.93. The quantitative estimate of drug-likeness (QED) is 0.469. The minimum Gasteiger partial charge on any atom is -0.507 e. The van der Waals surface area contributed by atoms with Crippen molar-refractivity contribution in [3.05, 3.63) is 58.0 Å². The number of para-hydroxylation sites is 1. The summed E-state index contributed by atoms with van der Waals surface area (Å²) in [5.41, 5.74) is 2.78. The van der Waals surface area contributed by atoms with Crippen molar-refractivity contribution in [1.29, 1.82) is 0 Å². The summed E-state index contributed by atoms with van der Waals surface area (Å²) in [7, 11) is 0. The van der Waals surface area contributed by atoms with E-state index in [1.165, 1.54) is 11.3 Å². The van der Waals surface area contributed by atoms with Gasteiger partial charge < -0.3 is 9.84 Å². The number of ether oxygens (including phenoxy) is 1. The van der Waals surface area contributed by atoms with Gasteiger partial charge in [-0.25, -0.2) is 9.79 Å². The molecule has 0 atom stereocenters. The van der Waals surface area contributed by atoms with Gasteiger partial charge in [0.15, 0.2) is 0 Å². The summed E-state index contributed by atoms with van der Waals surface area (Å²) in [6.07, 6.45) is 3.90. The van der Waals surface area contributed by atoms with E-state index in [4.69, 9.17) is 4.74 Å². The molecule has 0 aliphatic rings. The molecule has 0 aliphatic carbocycles. The number of aryl methyl sites for hydroxylation is 1. The molecule has 24 heavy (non-hydrogen) atoms. The monoisotopic (exact) mass is 343 g/mol. The van der Waals surface area contributed by atoms with Crippen LogP contribution in [0, 0.1) is 13.8 Å². The normalized spacial score (nSPS) is 11.0. The zero-order valence-electron chi connectivity index (χ0n) is 14.1. The van der Waals surface area contributed by atoms with Crippen molar-refractivity contribution in [2.75, 3.05) is 6.61 Å². The Labute approximate surface area is 146 Å². The third-order valence-electron chi connectivity index (χ3n) is 3.68. The number of carbonyl (C=O) groups excluding carboxylic acids is 1. The number of aliphatic imine (C=N–C) groups is 1. The minimum absolute atomic E-state index is 0.184. The van der Waals surface area contributed by atoms with Crippen LogP contribution in [0.5, 0.6) is 5.75 Å². The van der Waals surface area contributed by atoms with E-state index in [1.54, 1.807) is 25.3 Å². The number of nitrogens with zero attached hydrogens (tertiary/aromatic N) is 1. The lowest BCUT2D eigenvalue weighted by Gasteiger charge is -2.05. The molecule has 0 fully saturated rings. The van der Waals surface area contributed by atoms with Crippen LogP contribution in [0.1, 0.15) is 38.8 Å². The van der Waals surface area contributed by atoms with E-state index in [0.29, 0.717) is 29.2 Å². The Hall–Kier alpha value is -2.40. The molecule has 126 valence electrons. The summed E-state index contributed by atoms with van der Waals surface area (Å²) in [6.45, 7) is 9.62. The third kappa shape index (κ3) is 3.74. The number of aromatic hydroxyl groups is 1. The van der Waals surface area contributed by atoms with Crippen molar-refractivity contribution in [1.82, 2.24) is 0 Å². The first-order valence-electron chi connectivity index (χ1n) is 7.72. The fourth-order valence-corrected chi connectivity index (χ4v) is 3.30. The van der Waals surface area contributed by atoms with Crippen molar-refractivity contribution in [3.8, 4) is 5.75 Å². The van der Waals surface area contributed by atoms with Gasteiger partial charge in [0, 0.05) is 16.7 Å². The highest BCUT2D eigenvalue weighted by Gasteiger charge is 2.20. The molecule has 0 saturated heterocycles. The number of phenols is 1. The van der Waals surface area contributed by atoms with Crippen LogP contribution in [0.4, 0.5) is 5.00 Å². The number of hydrogen-bond acceptors (Lipinski definition) is 5. The predicted octanol–water partition coefficient (Wildman–Crippen LogP) is 4.73. The standard InChI is InChI=1S/C19H21NO3S/c1-5-8-14-9-7-10-15(17(14)21)11-20-18-16(19(22)23-6-2)12(3)13(4)24-18/h5,7,9-11,21H,1,6,8H2,2-4H3/b20-11+. The van der Waals surface area contributed by atoms with Gasteiger partial charge in [-0.2, -0.15) is 0 Å². The molecule has 0 aliphatic heterocycles. The van der Waals surface area contributed by atoms with E-state index in [0.717, 1.165) is 16.0 Å². The molecular formula is C19H21NO3S. The Balaban J connectivity index is 2.40. The summed E-state index contributed by atoms with van der Waals surface area (Å²) in [5.74, 6) is -0.181. The number of carbonyl (C=O) groups is 1. The molecule has 5 heteroatoms. The fraction of sp³-hybridized carbons (Fsp3) is 0.263. The number of esters is 1. The highest BCUT2D eigenvalue weighted by molar-refractivity contribution is 7.16. The average molecular weight is 343 g/mol. The van der Waals surface area contributed by atoms with Gasteiger partial charge in [0.25, 0.3) is 0 Å². The Morgan fingerprint density at radius 1 is 1.42 bits per heavy atom. The van der Waals surface area contributed by atoms with E-state index in [1.807, 2.05) is 26.0 Å². The Bertz CT molecular complexity index is 790. The van der Waals surface area contributed by atoms with E-state index in [9.17, 15) is 9.90 Å². The molecule has 2 aromatic rings. The molecule has 2 rings (SSSR count). The van der Waals surface area contributed by atoms with Crippen LogP contribution in [-0.4, -0.2) is 23.9 Å². The number of benzene rings is 1. The summed E-state index contributed by atoms with van der Waals surface area (Å²) in [6, 6.07) is 5.48. The molecule has 0 bridgehead atoms. The van der Waals surface area contributed by atoms with E-state index in [2.05, 4.69) is 11.6 Å². The van der Waals surface area contributed by atoms with Gasteiger partial charge in [0.2, 0.25) is 0 Å². The van der Waals surface area contributed by atoms with Gasteiger partial charge in [-0.15, -0.1) is 17.9 Å². The Morgan fingerprint density at radius 2 is 2.17 bits per heavy atom. The van der Waals surface area contributed by atoms with Crippen LogP contribution >= 0.6 is 11.3 Å².